The van der Waals surface area contributed by atoms with Crippen molar-refractivity contribution in [3.8, 4) is 12.1 Å². The molecule has 0 aromatic rings. The predicted molar refractivity (Wildman–Crippen MR) is 64.5 cm³/mol. The summed E-state index contributed by atoms with van der Waals surface area (Å²) in [4.78, 5) is 10.9. The Hall–Kier alpha value is -1.35. The third-order valence-electron chi connectivity index (χ3n) is 2.25. The van der Waals surface area contributed by atoms with E-state index in [1.807, 2.05) is 6.92 Å². The Bertz CT molecular complexity index is 223. The van der Waals surface area contributed by atoms with Gasteiger partial charge in [-0.25, -0.2) is 0 Å². The van der Waals surface area contributed by atoms with E-state index in [1.165, 1.54) is 44.2 Å². The van der Waals surface area contributed by atoms with Crippen LogP contribution in [0.15, 0.2) is 0 Å². The van der Waals surface area contributed by atoms with E-state index in [2.05, 4.69) is 6.92 Å². The molecule has 0 radical (unpaired) electrons. The van der Waals surface area contributed by atoms with Gasteiger partial charge in [0.1, 0.15) is 5.78 Å². The van der Waals surface area contributed by atoms with Gasteiger partial charge in [-0.3, -0.25) is 4.79 Å². The molecule has 0 rings (SSSR count). The van der Waals surface area contributed by atoms with Gasteiger partial charge in [0.25, 0.3) is 0 Å². The molecule has 0 saturated carbocycles. The van der Waals surface area contributed by atoms with Crippen LogP contribution in [0.25, 0.3) is 0 Å². The summed E-state index contributed by atoms with van der Waals surface area (Å²) in [7, 11) is 0. The van der Waals surface area contributed by atoms with E-state index in [4.69, 9.17) is 10.5 Å². The number of nitrogens with zero attached hydrogens (tertiary/aromatic N) is 2. The molecule has 0 aliphatic carbocycles. The van der Waals surface area contributed by atoms with Crippen molar-refractivity contribution >= 4 is 5.78 Å². The number of nitriles is 2. The van der Waals surface area contributed by atoms with E-state index in [0.29, 0.717) is 5.78 Å². The largest absolute Gasteiger partial charge is 0.300 e. The molecule has 0 aliphatic heterocycles. The van der Waals surface area contributed by atoms with Gasteiger partial charge in [0.15, 0.2) is 12.1 Å². The summed E-state index contributed by atoms with van der Waals surface area (Å²) < 4.78 is 0. The lowest BCUT2D eigenvalue weighted by molar-refractivity contribution is -0.118. The van der Waals surface area contributed by atoms with Crippen molar-refractivity contribution in [2.75, 3.05) is 0 Å². The lowest BCUT2D eigenvalue weighted by atomic mass is 10.1. The molecule has 3 nitrogen and oxygen atoms in total. The maximum Gasteiger partial charge on any atom is 0.181 e. The van der Waals surface area contributed by atoms with Gasteiger partial charge in [0, 0.05) is 12.8 Å². The molecule has 0 aliphatic rings. The first-order chi connectivity index (χ1) is 7.72. The first kappa shape index (κ1) is 17.1. The summed E-state index contributed by atoms with van der Waals surface area (Å²) in [6, 6.07) is 2.47. The van der Waals surface area contributed by atoms with Gasteiger partial charge in [0.2, 0.25) is 0 Å². The number of unbranched alkanes of at least 4 members (excludes halogenated alkanes) is 5. The summed E-state index contributed by atoms with van der Waals surface area (Å²) in [5, 5.41) is 14.5. The van der Waals surface area contributed by atoms with Gasteiger partial charge < -0.3 is 0 Å². The second-order valence-electron chi connectivity index (χ2n) is 3.63. The molecule has 0 spiro atoms. The van der Waals surface area contributed by atoms with Crippen LogP contribution in [0, 0.1) is 22.7 Å². The van der Waals surface area contributed by atoms with E-state index in [-0.39, 0.29) is 0 Å². The molecule has 3 heteroatoms. The van der Waals surface area contributed by atoms with Gasteiger partial charge in [-0.05, 0) is 6.42 Å². The average molecular weight is 222 g/mol. The van der Waals surface area contributed by atoms with E-state index in [0.717, 1.165) is 19.3 Å². The number of rotatable bonds is 8. The molecule has 0 aromatic carbocycles. The van der Waals surface area contributed by atoms with Crippen LogP contribution in [0.5, 0.6) is 0 Å². The summed E-state index contributed by atoms with van der Waals surface area (Å²) in [5.74, 6) is 0.422. The second kappa shape index (κ2) is 16.1. The molecule has 0 unspecified atom stereocenters. The maximum absolute atomic E-state index is 10.9. The Kier molecular flexibility index (Phi) is 17.2. The lowest BCUT2D eigenvalue weighted by Gasteiger charge is -1.98. The number of hydrogen-bond acceptors (Lipinski definition) is 3. The number of carbonyl (C=O) groups is 1. The van der Waals surface area contributed by atoms with Crippen LogP contribution in [0.4, 0.5) is 0 Å². The van der Waals surface area contributed by atoms with Crippen molar-refractivity contribution in [2.24, 2.45) is 0 Å². The molecule has 0 bridgehead atoms. The van der Waals surface area contributed by atoms with Crippen LogP contribution in [0.1, 0.15) is 65.2 Å². The van der Waals surface area contributed by atoms with E-state index >= 15 is 0 Å². The molecule has 0 N–H and O–H groups in total. The molecule has 0 saturated heterocycles. The van der Waals surface area contributed by atoms with Gasteiger partial charge in [-0.2, -0.15) is 10.5 Å². The summed E-state index contributed by atoms with van der Waals surface area (Å²) in [6.07, 6.45) is 9.18. The zero-order chi connectivity index (χ0) is 12.6. The van der Waals surface area contributed by atoms with E-state index in [9.17, 15) is 4.79 Å². The molecule has 90 valence electrons. The third kappa shape index (κ3) is 18.4. The normalized spacial score (nSPS) is 8.25. The number of carbonyl (C=O) groups excluding carboxylic acids is 1. The number of ketones is 1. The van der Waals surface area contributed by atoms with E-state index in [1.54, 1.807) is 0 Å². The first-order valence-corrected chi connectivity index (χ1v) is 6.02. The van der Waals surface area contributed by atoms with Crippen LogP contribution in [-0.4, -0.2) is 5.78 Å². The first-order valence-electron chi connectivity index (χ1n) is 6.02. The Labute approximate surface area is 99.1 Å². The zero-order valence-electron chi connectivity index (χ0n) is 10.5. The third-order valence-corrected chi connectivity index (χ3v) is 2.25. The topological polar surface area (TPSA) is 64.7 Å². The number of hydrogen-bond donors (Lipinski definition) is 0. The van der Waals surface area contributed by atoms with Crippen LogP contribution in [0.2, 0.25) is 0 Å². The summed E-state index contributed by atoms with van der Waals surface area (Å²) in [6.45, 7) is 4.17. The van der Waals surface area contributed by atoms with Crippen molar-refractivity contribution in [1.29, 1.82) is 10.5 Å². The zero-order valence-corrected chi connectivity index (χ0v) is 10.5. The number of Topliss-reactive ketones (excluding diaryl/α,β-unsaturated/α-hetero) is 1. The lowest BCUT2D eigenvalue weighted by Crippen LogP contribution is -1.93. The Morgan fingerprint density at radius 3 is 1.88 bits per heavy atom. The van der Waals surface area contributed by atoms with Crippen LogP contribution < -0.4 is 0 Å². The van der Waals surface area contributed by atoms with Gasteiger partial charge in [-0.1, -0.05) is 46.0 Å². The smallest absolute Gasteiger partial charge is 0.181 e. The molecule has 0 atom stereocenters. The Balaban J connectivity index is 0. The second-order valence-corrected chi connectivity index (χ2v) is 3.63. The van der Waals surface area contributed by atoms with Gasteiger partial charge >= 0.3 is 0 Å². The minimum Gasteiger partial charge on any atom is -0.300 e. The monoisotopic (exact) mass is 222 g/mol. The maximum atomic E-state index is 10.9. The van der Waals surface area contributed by atoms with Crippen molar-refractivity contribution in [2.45, 2.75) is 65.2 Å². The Morgan fingerprint density at radius 1 is 0.938 bits per heavy atom. The summed E-state index contributed by atoms with van der Waals surface area (Å²) in [5.41, 5.74) is 0. The molecule has 16 heavy (non-hydrogen) atoms. The highest BCUT2D eigenvalue weighted by Gasteiger charge is 1.96. The summed E-state index contributed by atoms with van der Waals surface area (Å²) >= 11 is 0. The van der Waals surface area contributed by atoms with Crippen LogP contribution in [-0.2, 0) is 4.79 Å². The molecular weight excluding hydrogens is 200 g/mol. The van der Waals surface area contributed by atoms with Crippen LogP contribution in [0.3, 0.4) is 0 Å². The fraction of sp³-hybridized carbons (Fsp3) is 0.769. The molecule has 0 fully saturated rings. The Morgan fingerprint density at radius 2 is 1.44 bits per heavy atom. The minimum absolute atomic E-state index is 0.422. The standard InChI is InChI=1S/C11H22O.C2N2/c1-3-5-6-7-8-9-10-11(12)4-2;3-1-2-4/h3-10H2,1-2H3;. The predicted octanol–water partition coefficient (Wildman–Crippen LogP) is 3.75. The van der Waals surface area contributed by atoms with Crippen molar-refractivity contribution in [3.63, 3.8) is 0 Å². The quantitative estimate of drug-likeness (QED) is 0.587. The van der Waals surface area contributed by atoms with Crippen molar-refractivity contribution in [3.05, 3.63) is 0 Å². The highest BCUT2D eigenvalue weighted by atomic mass is 16.1. The van der Waals surface area contributed by atoms with E-state index < -0.39 is 0 Å². The van der Waals surface area contributed by atoms with Crippen molar-refractivity contribution < 1.29 is 4.79 Å². The highest BCUT2D eigenvalue weighted by Crippen LogP contribution is 2.07. The fourth-order valence-electron chi connectivity index (χ4n) is 1.28. The van der Waals surface area contributed by atoms with Crippen LogP contribution >= 0.6 is 0 Å². The minimum atomic E-state index is 0.422. The molecule has 0 aromatic heterocycles. The van der Waals surface area contributed by atoms with Crippen molar-refractivity contribution in [1.82, 2.24) is 0 Å². The SMILES string of the molecule is CCCCCCCCC(=O)CC.N#CC#N. The molecular formula is C13H22N2O. The molecule has 0 amide bonds. The van der Waals surface area contributed by atoms with Gasteiger partial charge in [0.05, 0.1) is 0 Å². The highest BCUT2D eigenvalue weighted by molar-refractivity contribution is 5.77. The fourth-order valence-corrected chi connectivity index (χ4v) is 1.28. The van der Waals surface area contributed by atoms with Gasteiger partial charge in [-0.15, -0.1) is 0 Å². The molecule has 0 heterocycles. The average Bonchev–Trinajstić information content (AvgIpc) is 2.33.